The molecule has 1 fully saturated rings. The van der Waals surface area contributed by atoms with Crippen molar-refractivity contribution in [2.24, 2.45) is 23.7 Å². The van der Waals surface area contributed by atoms with E-state index in [-0.39, 0.29) is 34.8 Å². The van der Waals surface area contributed by atoms with Gasteiger partial charge < -0.3 is 20.2 Å². The smallest absolute Gasteiger partial charge is 0.257 e. The predicted molar refractivity (Wildman–Crippen MR) is 197 cm³/mol. The molecule has 1 aliphatic heterocycles. The molecule has 0 aliphatic carbocycles. The van der Waals surface area contributed by atoms with Gasteiger partial charge in [-0.1, -0.05) is 103 Å². The van der Waals surface area contributed by atoms with Gasteiger partial charge in [0.25, 0.3) is 5.91 Å². The van der Waals surface area contributed by atoms with E-state index in [1.165, 1.54) is 38.1 Å². The lowest BCUT2D eigenvalue weighted by atomic mass is 9.75. The third-order valence-corrected chi connectivity index (χ3v) is 11.7. The quantitative estimate of drug-likeness (QED) is 0.0821. The fraction of sp³-hybridized carbons (Fsp3) is 0.667. The number of aromatic hydroxyl groups is 1. The predicted octanol–water partition coefficient (Wildman–Crippen LogP) is 8.22. The molecule has 46 heavy (non-hydrogen) atoms. The van der Waals surface area contributed by atoms with E-state index in [9.17, 15) is 14.7 Å². The number of rotatable bonds is 15. The summed E-state index contributed by atoms with van der Waals surface area (Å²) in [5.41, 5.74) is 2.02. The van der Waals surface area contributed by atoms with Gasteiger partial charge in [0.05, 0.1) is 17.8 Å². The Balaban J connectivity index is 1.50. The van der Waals surface area contributed by atoms with Crippen LogP contribution in [0.15, 0.2) is 30.6 Å². The number of aromatic nitrogens is 2. The molecule has 0 saturated carbocycles. The van der Waals surface area contributed by atoms with E-state index >= 15 is 0 Å². The highest BCUT2D eigenvalue weighted by Gasteiger charge is 2.31. The zero-order valence-electron chi connectivity index (χ0n) is 29.1. The lowest BCUT2D eigenvalue weighted by molar-refractivity contribution is -0.130. The lowest BCUT2D eigenvalue weighted by Crippen LogP contribution is -2.51. The second kappa shape index (κ2) is 16.8. The van der Waals surface area contributed by atoms with E-state index in [2.05, 4.69) is 93.3 Å². The van der Waals surface area contributed by atoms with Crippen molar-refractivity contribution >= 4 is 51.7 Å². The van der Waals surface area contributed by atoms with Crippen molar-refractivity contribution in [3.8, 4) is 5.75 Å². The minimum atomic E-state index is -0.175. The molecule has 1 aromatic carbocycles. The number of halogens is 2. The van der Waals surface area contributed by atoms with Crippen molar-refractivity contribution in [3.05, 3.63) is 47.0 Å². The van der Waals surface area contributed by atoms with Gasteiger partial charge in [-0.15, -0.1) is 0 Å². The van der Waals surface area contributed by atoms with E-state index in [1.54, 1.807) is 15.9 Å². The maximum absolute atomic E-state index is 13.0. The Bertz CT molecular complexity index is 1290. The van der Waals surface area contributed by atoms with Crippen molar-refractivity contribution in [2.45, 2.75) is 96.3 Å². The van der Waals surface area contributed by atoms with E-state index in [0.29, 0.717) is 64.5 Å². The molecule has 1 unspecified atom stereocenters. The summed E-state index contributed by atoms with van der Waals surface area (Å²) in [5.74, 6) is 2.65. The van der Waals surface area contributed by atoms with E-state index < -0.39 is 0 Å². The summed E-state index contributed by atoms with van der Waals surface area (Å²) in [7, 11) is 0. The second-order valence-electron chi connectivity index (χ2n) is 14.5. The number of amides is 2. The molecular weight excluding hydrogens is 713 g/mol. The van der Waals surface area contributed by atoms with Crippen molar-refractivity contribution < 1.29 is 14.7 Å². The standard InChI is InChI=1S/C36H55ClIN5O3/c1-9-27(11-10-24(2)25(3)26(4)36(7,8)38)14-15-35(5,6)29-12-13-31(44)30(20-29)39-23-32(45)42-16-18-43(19-17-42)33(46)28-21-40-34(37)41-22-28/h12-13,20-22,24-27,39,44H,9-11,14-19,23H2,1-8H3/t24-,25-,26-,27?/m1/s1. The first-order valence-electron chi connectivity index (χ1n) is 16.8. The Labute approximate surface area is 295 Å². The fourth-order valence-electron chi connectivity index (χ4n) is 6.29. The van der Waals surface area contributed by atoms with Crippen LogP contribution in [-0.4, -0.2) is 72.8 Å². The number of anilines is 1. The maximum atomic E-state index is 13.0. The molecule has 8 nitrogen and oxygen atoms in total. The molecule has 0 bridgehead atoms. The average Bonchev–Trinajstić information content (AvgIpc) is 3.03. The number of phenolic OH excluding ortho intramolecular Hbond substituents is 1. The molecule has 3 rings (SSSR count). The molecule has 2 heterocycles. The minimum Gasteiger partial charge on any atom is -0.506 e. The molecule has 1 aromatic heterocycles. The molecule has 10 heteroatoms. The van der Waals surface area contributed by atoms with E-state index in [1.807, 2.05) is 12.1 Å². The first-order valence-corrected chi connectivity index (χ1v) is 18.3. The molecule has 2 N–H and O–H groups in total. The van der Waals surface area contributed by atoms with Crippen LogP contribution in [0.2, 0.25) is 5.28 Å². The molecular formula is C36H55ClIN5O3. The van der Waals surface area contributed by atoms with Gasteiger partial charge in [-0.3, -0.25) is 9.59 Å². The van der Waals surface area contributed by atoms with Crippen LogP contribution in [0.3, 0.4) is 0 Å². The van der Waals surface area contributed by atoms with Gasteiger partial charge >= 0.3 is 0 Å². The number of alkyl halides is 1. The van der Waals surface area contributed by atoms with Gasteiger partial charge in [0.2, 0.25) is 11.2 Å². The number of hydrogen-bond acceptors (Lipinski definition) is 6. The zero-order valence-corrected chi connectivity index (χ0v) is 32.0. The highest BCUT2D eigenvalue weighted by atomic mass is 127. The zero-order chi connectivity index (χ0) is 34.2. The Hall–Kier alpha value is -2.14. The summed E-state index contributed by atoms with van der Waals surface area (Å²) in [4.78, 5) is 37.0. The van der Waals surface area contributed by atoms with Crippen molar-refractivity contribution in [2.75, 3.05) is 38.0 Å². The summed E-state index contributed by atoms with van der Waals surface area (Å²) >= 11 is 8.33. The van der Waals surface area contributed by atoms with Crippen LogP contribution in [0.1, 0.15) is 103 Å². The third-order valence-electron chi connectivity index (χ3n) is 10.5. The molecule has 0 radical (unpaired) electrons. The number of nitrogens with one attached hydrogen (secondary N) is 1. The summed E-state index contributed by atoms with van der Waals surface area (Å²) in [5, 5.41) is 13.9. The maximum Gasteiger partial charge on any atom is 0.257 e. The van der Waals surface area contributed by atoms with Crippen LogP contribution in [0.25, 0.3) is 0 Å². The highest BCUT2D eigenvalue weighted by molar-refractivity contribution is 14.1. The third kappa shape index (κ3) is 10.7. The van der Waals surface area contributed by atoms with Crippen LogP contribution in [0.4, 0.5) is 5.69 Å². The highest BCUT2D eigenvalue weighted by Crippen LogP contribution is 2.39. The minimum absolute atomic E-state index is 0.0677. The van der Waals surface area contributed by atoms with Crippen LogP contribution >= 0.6 is 34.2 Å². The van der Waals surface area contributed by atoms with Crippen LogP contribution < -0.4 is 5.32 Å². The topological polar surface area (TPSA) is 98.7 Å². The second-order valence-corrected chi connectivity index (χ2v) is 17.6. The van der Waals surface area contributed by atoms with Crippen LogP contribution in [-0.2, 0) is 10.2 Å². The largest absolute Gasteiger partial charge is 0.506 e. The molecule has 2 aromatic rings. The number of carbonyl (C=O) groups is 2. The van der Waals surface area contributed by atoms with Crippen molar-refractivity contribution in [3.63, 3.8) is 0 Å². The number of phenols is 1. The fourth-order valence-corrected chi connectivity index (χ4v) is 6.95. The Kier molecular flexibility index (Phi) is 14.0. The Morgan fingerprint density at radius 2 is 1.61 bits per heavy atom. The normalized spacial score (nSPS) is 16.9. The molecule has 1 saturated heterocycles. The summed E-state index contributed by atoms with van der Waals surface area (Å²) in [6.07, 6.45) is 8.77. The molecule has 0 spiro atoms. The number of hydrogen-bond donors (Lipinski definition) is 2. The van der Waals surface area contributed by atoms with Gasteiger partial charge in [0.1, 0.15) is 5.75 Å². The summed E-state index contributed by atoms with van der Waals surface area (Å²) in [6, 6.07) is 5.72. The first-order chi connectivity index (χ1) is 21.5. The molecule has 2 amide bonds. The monoisotopic (exact) mass is 767 g/mol. The number of benzene rings is 1. The number of piperazine rings is 1. The Morgan fingerprint density at radius 1 is 1.00 bits per heavy atom. The van der Waals surface area contributed by atoms with Crippen LogP contribution in [0.5, 0.6) is 5.75 Å². The van der Waals surface area contributed by atoms with E-state index in [0.717, 1.165) is 12.0 Å². The van der Waals surface area contributed by atoms with Gasteiger partial charge in [0.15, 0.2) is 0 Å². The Morgan fingerprint density at radius 3 is 2.20 bits per heavy atom. The molecule has 1 aliphatic rings. The summed E-state index contributed by atoms with van der Waals surface area (Å²) < 4.78 is 0.303. The average molecular weight is 768 g/mol. The van der Waals surface area contributed by atoms with Gasteiger partial charge in [-0.05, 0) is 71.2 Å². The van der Waals surface area contributed by atoms with Gasteiger partial charge in [-0.25, -0.2) is 9.97 Å². The van der Waals surface area contributed by atoms with Crippen molar-refractivity contribution in [1.29, 1.82) is 0 Å². The summed E-state index contributed by atoms with van der Waals surface area (Å²) in [6.45, 7) is 20.6. The van der Waals surface area contributed by atoms with Crippen LogP contribution in [0, 0.1) is 23.7 Å². The SMILES string of the molecule is CCC(CC[C@@H](C)[C@@H](C)[C@@H](C)C(C)(C)I)CCC(C)(C)c1ccc(O)c(NCC(=O)N2CCN(C(=O)c3cnc(Cl)nc3)CC2)c1. The lowest BCUT2D eigenvalue weighted by Gasteiger charge is -2.35. The van der Waals surface area contributed by atoms with Gasteiger partial charge in [0, 0.05) is 42.0 Å². The molecule has 256 valence electrons. The van der Waals surface area contributed by atoms with Gasteiger partial charge in [-0.2, -0.15) is 0 Å². The van der Waals surface area contributed by atoms with E-state index in [4.69, 9.17) is 11.6 Å². The number of nitrogens with zero attached hydrogens (tertiary/aromatic N) is 4. The first kappa shape index (κ1) is 38.3. The molecule has 4 atom stereocenters. The van der Waals surface area contributed by atoms with Crippen molar-refractivity contribution in [1.82, 2.24) is 19.8 Å². The number of carbonyl (C=O) groups excluding carboxylic acids is 2.